The van der Waals surface area contributed by atoms with Gasteiger partial charge in [-0.05, 0) is 44.5 Å². The second kappa shape index (κ2) is 14.3. The quantitative estimate of drug-likeness (QED) is 0.257. The Morgan fingerprint density at radius 3 is 2.61 bits per heavy atom. The minimum atomic E-state index is -0.816. The van der Waals surface area contributed by atoms with Crippen LogP contribution in [-0.2, 0) is 16.1 Å². The Hall–Kier alpha value is -6.70. The van der Waals surface area contributed by atoms with Crippen LogP contribution in [0.2, 0.25) is 0 Å². The molecule has 1 N–H and O–H groups in total. The maximum atomic E-state index is 15.3. The van der Waals surface area contributed by atoms with Crippen molar-refractivity contribution in [1.82, 2.24) is 58.9 Å². The standard InChI is InChI=1S/C39H38F3N15O2/c1-4-59-26-17-52(3)37(58)33-12-24(48-38-44-8-7-30(49-38)27-9-23(41)11-31-34(27)54(18-26)21(2)47-31)14-55(33)35-28-13-45-57(32-6-5-22(40)10-29(32)42)36(28)51-39(50-35)53-15-25(16-53)56-20-43-19-46-56/h5-11,13,19-20,24-26,33H,4,12,14-18H2,1-3H3,(H,44,48,49)/t24-,26-,33-/m0/s1. The second-order valence-corrected chi connectivity index (χ2v) is 15.1. The summed E-state index contributed by atoms with van der Waals surface area (Å²) in [5.74, 6) is -0.462. The van der Waals surface area contributed by atoms with Crippen molar-refractivity contribution in [3.05, 3.63) is 84.7 Å². The molecule has 0 unspecified atom stereocenters. The minimum absolute atomic E-state index is 0.00159. The van der Waals surface area contributed by atoms with Gasteiger partial charge >= 0.3 is 0 Å². The first-order valence-corrected chi connectivity index (χ1v) is 19.3. The fourth-order valence-electron chi connectivity index (χ4n) is 8.45. The zero-order valence-corrected chi connectivity index (χ0v) is 32.2. The monoisotopic (exact) mass is 805 g/mol. The van der Waals surface area contributed by atoms with Crippen LogP contribution in [0.4, 0.5) is 30.9 Å². The van der Waals surface area contributed by atoms with E-state index in [-0.39, 0.29) is 42.4 Å². The van der Waals surface area contributed by atoms with Gasteiger partial charge in [0.1, 0.15) is 47.7 Å². The zero-order chi connectivity index (χ0) is 40.5. The average molecular weight is 806 g/mol. The number of ether oxygens (including phenoxy) is 1. The number of carbonyl (C=O) groups is 1. The van der Waals surface area contributed by atoms with Crippen LogP contribution >= 0.6 is 0 Å². The highest BCUT2D eigenvalue weighted by atomic mass is 19.1. The van der Waals surface area contributed by atoms with Crippen molar-refractivity contribution >= 4 is 45.7 Å². The van der Waals surface area contributed by atoms with Gasteiger partial charge < -0.3 is 29.3 Å². The third-order valence-corrected chi connectivity index (χ3v) is 11.3. The molecule has 3 aliphatic heterocycles. The molecule has 7 aromatic rings. The van der Waals surface area contributed by atoms with Crippen LogP contribution in [0.5, 0.6) is 0 Å². The van der Waals surface area contributed by atoms with Crippen molar-refractivity contribution in [2.75, 3.05) is 55.0 Å². The molecule has 10 rings (SSSR count). The number of fused-ring (bicyclic) bond motifs is 6. The van der Waals surface area contributed by atoms with Crippen molar-refractivity contribution in [2.24, 2.45) is 0 Å². The first-order valence-electron chi connectivity index (χ1n) is 19.3. The van der Waals surface area contributed by atoms with Crippen LogP contribution in [0.15, 0.2) is 61.4 Å². The normalized spacial score (nSPS) is 19.9. The van der Waals surface area contributed by atoms with Gasteiger partial charge in [-0.1, -0.05) is 0 Å². The van der Waals surface area contributed by atoms with Gasteiger partial charge in [0.25, 0.3) is 0 Å². The molecule has 0 radical (unpaired) electrons. The van der Waals surface area contributed by atoms with Crippen molar-refractivity contribution in [1.29, 1.82) is 0 Å². The molecule has 3 aliphatic rings. The van der Waals surface area contributed by atoms with Crippen molar-refractivity contribution in [3.8, 4) is 16.9 Å². The summed E-state index contributed by atoms with van der Waals surface area (Å²) >= 11 is 0. The van der Waals surface area contributed by atoms with Crippen LogP contribution in [0.25, 0.3) is 39.0 Å². The highest BCUT2D eigenvalue weighted by Gasteiger charge is 2.42. The van der Waals surface area contributed by atoms with E-state index in [1.807, 2.05) is 28.2 Å². The largest absolute Gasteiger partial charge is 0.375 e. The third-order valence-electron chi connectivity index (χ3n) is 11.3. The van der Waals surface area contributed by atoms with E-state index >= 15 is 8.78 Å². The van der Waals surface area contributed by atoms with Gasteiger partial charge in [-0.3, -0.25) is 4.79 Å². The van der Waals surface area contributed by atoms with Gasteiger partial charge in [0, 0.05) is 69.8 Å². The molecule has 2 fully saturated rings. The summed E-state index contributed by atoms with van der Waals surface area (Å²) in [6.45, 7) is 6.04. The molecule has 5 aromatic heterocycles. The Morgan fingerprint density at radius 1 is 0.949 bits per heavy atom. The first-order chi connectivity index (χ1) is 28.6. The lowest BCUT2D eigenvalue weighted by Gasteiger charge is -2.39. The fourth-order valence-corrected chi connectivity index (χ4v) is 8.45. The van der Waals surface area contributed by atoms with Crippen molar-refractivity contribution in [3.63, 3.8) is 0 Å². The van der Waals surface area contributed by atoms with Gasteiger partial charge in [-0.2, -0.15) is 20.2 Å². The average Bonchev–Trinajstić information content (AvgIpc) is 4.01. The van der Waals surface area contributed by atoms with E-state index in [2.05, 4.69) is 25.5 Å². The fraction of sp³-hybridized carbons (Fsp3) is 0.359. The number of nitrogens with zero attached hydrogens (tertiary/aromatic N) is 14. The number of benzene rings is 2. The zero-order valence-electron chi connectivity index (χ0n) is 32.2. The number of hydrogen-bond donors (Lipinski definition) is 1. The summed E-state index contributed by atoms with van der Waals surface area (Å²) < 4.78 is 55.9. The highest BCUT2D eigenvalue weighted by Crippen LogP contribution is 2.37. The predicted octanol–water partition coefficient (Wildman–Crippen LogP) is 3.94. The predicted molar refractivity (Wildman–Crippen MR) is 210 cm³/mol. The molecular weight excluding hydrogens is 768 g/mol. The van der Waals surface area contributed by atoms with Gasteiger partial charge in [-0.15, -0.1) is 0 Å². The molecule has 1 amide bonds. The SMILES string of the molecule is CCO[C@H]1CN(C)C(=O)[C@@H]2C[C@@H](CN2c2nc(N3CC(n4cncn4)C3)nc3c2cnn3-c2ccc(F)cc2F)Nc2nccc(n2)-c2cc(F)cc3nc(C)n(c23)C1. The van der Waals surface area contributed by atoms with Crippen LogP contribution < -0.4 is 15.1 Å². The number of likely N-dealkylation sites (N-methyl/N-ethyl adjacent to an activating group) is 1. The van der Waals surface area contributed by atoms with Crippen LogP contribution in [0.3, 0.4) is 0 Å². The number of aromatic nitrogens is 11. The summed E-state index contributed by atoms with van der Waals surface area (Å²) in [6.07, 6.45) is 6.16. The molecule has 3 atom stereocenters. The van der Waals surface area contributed by atoms with E-state index in [0.717, 1.165) is 12.1 Å². The molecule has 59 heavy (non-hydrogen) atoms. The Balaban J connectivity index is 1.09. The van der Waals surface area contributed by atoms with Gasteiger partial charge in [0.15, 0.2) is 11.5 Å². The Bertz CT molecular complexity index is 2730. The third kappa shape index (κ3) is 6.43. The number of hydrogen-bond acceptors (Lipinski definition) is 13. The highest BCUT2D eigenvalue weighted by molar-refractivity contribution is 5.94. The molecule has 20 heteroatoms. The summed E-state index contributed by atoms with van der Waals surface area (Å²) in [5.41, 5.74) is 2.51. The molecule has 8 heterocycles. The van der Waals surface area contributed by atoms with E-state index in [9.17, 15) is 9.18 Å². The van der Waals surface area contributed by atoms with Crippen LogP contribution in [-0.4, -0.2) is 123 Å². The maximum Gasteiger partial charge on any atom is 0.245 e. The number of amides is 1. The molecule has 4 bridgehead atoms. The second-order valence-electron chi connectivity index (χ2n) is 15.1. The van der Waals surface area contributed by atoms with E-state index in [1.165, 1.54) is 35.4 Å². The Kier molecular flexibility index (Phi) is 8.87. The van der Waals surface area contributed by atoms with Crippen molar-refractivity contribution in [2.45, 2.75) is 51.0 Å². The number of carbonyl (C=O) groups excluding carboxylic acids is 1. The molecule has 302 valence electrons. The molecule has 2 saturated heterocycles. The summed E-state index contributed by atoms with van der Waals surface area (Å²) in [6, 6.07) is 6.77. The lowest BCUT2D eigenvalue weighted by molar-refractivity contribution is -0.133. The number of nitrogens with one attached hydrogen (secondary N) is 1. The Morgan fingerprint density at radius 2 is 1.81 bits per heavy atom. The van der Waals surface area contributed by atoms with Gasteiger partial charge in [-0.25, -0.2) is 42.5 Å². The molecule has 17 nitrogen and oxygen atoms in total. The van der Waals surface area contributed by atoms with E-state index in [1.54, 1.807) is 35.2 Å². The van der Waals surface area contributed by atoms with Crippen molar-refractivity contribution < 1.29 is 22.7 Å². The molecular formula is C39H38F3N15O2. The van der Waals surface area contributed by atoms with E-state index < -0.39 is 29.6 Å². The number of anilines is 3. The molecule has 0 saturated carbocycles. The number of rotatable bonds is 6. The molecule has 0 spiro atoms. The number of halogens is 3. The van der Waals surface area contributed by atoms with E-state index in [4.69, 9.17) is 24.7 Å². The Labute approximate surface area is 334 Å². The smallest absolute Gasteiger partial charge is 0.245 e. The summed E-state index contributed by atoms with van der Waals surface area (Å²) in [7, 11) is 1.75. The van der Waals surface area contributed by atoms with Crippen LogP contribution in [0, 0.1) is 24.4 Å². The summed E-state index contributed by atoms with van der Waals surface area (Å²) in [4.78, 5) is 48.5. The number of aryl methyl sites for hydroxylation is 1. The summed E-state index contributed by atoms with van der Waals surface area (Å²) in [5, 5.41) is 12.7. The minimum Gasteiger partial charge on any atom is -0.375 e. The maximum absolute atomic E-state index is 15.3. The van der Waals surface area contributed by atoms with E-state index in [0.29, 0.717) is 83.9 Å². The molecule has 2 aromatic carbocycles. The lowest BCUT2D eigenvalue weighted by atomic mass is 10.1. The van der Waals surface area contributed by atoms with Gasteiger partial charge in [0.2, 0.25) is 17.8 Å². The lowest BCUT2D eigenvalue weighted by Crippen LogP contribution is -2.49. The number of imidazole rings is 1. The van der Waals surface area contributed by atoms with Gasteiger partial charge in [0.05, 0.1) is 47.0 Å². The topological polar surface area (TPSA) is 166 Å². The van der Waals surface area contributed by atoms with Crippen LogP contribution in [0.1, 0.15) is 25.2 Å². The first kappa shape index (κ1) is 36.6. The molecule has 0 aliphatic carbocycles.